The zero-order chi connectivity index (χ0) is 21.6. The Morgan fingerprint density at radius 2 is 1.73 bits per heavy atom. The number of nitrogens with one attached hydrogen (secondary N) is 1. The summed E-state index contributed by atoms with van der Waals surface area (Å²) in [5.74, 6) is 0.307. The summed E-state index contributed by atoms with van der Waals surface area (Å²) in [4.78, 5) is 24.9. The van der Waals surface area contributed by atoms with Gasteiger partial charge in [0.1, 0.15) is 5.75 Å². The van der Waals surface area contributed by atoms with Crippen LogP contribution < -0.4 is 10.3 Å². The number of nitrogens with zero attached hydrogens (tertiary/aromatic N) is 2. The van der Waals surface area contributed by atoms with Gasteiger partial charge < -0.3 is 4.74 Å². The molecule has 0 radical (unpaired) electrons. The van der Waals surface area contributed by atoms with E-state index in [0.29, 0.717) is 22.2 Å². The zero-order valence-electron chi connectivity index (χ0n) is 16.5. The first-order chi connectivity index (χ1) is 14.3. The summed E-state index contributed by atoms with van der Waals surface area (Å²) >= 11 is 0. The number of hydrogen-bond donors (Lipinski definition) is 1. The van der Waals surface area contributed by atoms with Crippen molar-refractivity contribution in [2.45, 2.75) is 18.7 Å². The van der Waals surface area contributed by atoms with Gasteiger partial charge in [0.2, 0.25) is 5.91 Å². The van der Waals surface area contributed by atoms with Crippen molar-refractivity contribution < 1.29 is 17.9 Å². The van der Waals surface area contributed by atoms with Crippen LogP contribution in [-0.2, 0) is 10.0 Å². The molecule has 2 aromatic heterocycles. The highest BCUT2D eigenvalue weighted by atomic mass is 32.2. The van der Waals surface area contributed by atoms with Crippen molar-refractivity contribution in [1.29, 1.82) is 0 Å². The summed E-state index contributed by atoms with van der Waals surface area (Å²) in [6.45, 7) is 2.97. The minimum atomic E-state index is -4.04. The van der Waals surface area contributed by atoms with E-state index >= 15 is 0 Å². The van der Waals surface area contributed by atoms with E-state index in [1.165, 1.54) is 42.9 Å². The lowest BCUT2D eigenvalue weighted by Gasteiger charge is -2.08. The van der Waals surface area contributed by atoms with Crippen LogP contribution in [0.25, 0.3) is 22.0 Å². The Hall–Kier alpha value is -3.59. The number of aromatic amines is 1. The van der Waals surface area contributed by atoms with Gasteiger partial charge in [0, 0.05) is 24.1 Å². The first-order valence-corrected chi connectivity index (χ1v) is 10.5. The van der Waals surface area contributed by atoms with Crippen LogP contribution in [0.3, 0.4) is 0 Å². The molecule has 0 atom stereocenters. The summed E-state index contributed by atoms with van der Waals surface area (Å²) in [7, 11) is -2.55. The number of aromatic nitrogens is 3. The first kappa shape index (κ1) is 19.7. The fraction of sp³-hybridized carbons (Fsp3) is 0.143. The molecule has 154 valence electrons. The number of benzene rings is 2. The number of carbonyl (C=O) groups is 1. The molecule has 30 heavy (non-hydrogen) atoms. The Morgan fingerprint density at radius 3 is 2.37 bits per heavy atom. The van der Waals surface area contributed by atoms with Crippen molar-refractivity contribution in [3.8, 4) is 16.9 Å². The molecule has 2 aromatic carbocycles. The monoisotopic (exact) mass is 425 g/mol. The van der Waals surface area contributed by atoms with Crippen LogP contribution in [0.2, 0.25) is 0 Å². The summed E-state index contributed by atoms with van der Waals surface area (Å²) < 4.78 is 33.6. The number of para-hydroxylation sites is 1. The average Bonchev–Trinajstić information content (AvgIpc) is 3.25. The van der Waals surface area contributed by atoms with Gasteiger partial charge in [0.05, 0.1) is 28.8 Å². The lowest BCUT2D eigenvalue weighted by atomic mass is 10.1. The third-order valence-corrected chi connectivity index (χ3v) is 6.73. The maximum absolute atomic E-state index is 13.1. The highest BCUT2D eigenvalue weighted by Gasteiger charge is 2.26. The van der Waals surface area contributed by atoms with Crippen LogP contribution in [0.4, 0.5) is 0 Å². The number of rotatable bonds is 4. The van der Waals surface area contributed by atoms with Gasteiger partial charge in [-0.3, -0.25) is 14.2 Å². The van der Waals surface area contributed by atoms with Gasteiger partial charge in [-0.25, -0.2) is 5.10 Å². The molecular formula is C21H19N3O5S. The predicted molar refractivity (Wildman–Crippen MR) is 113 cm³/mol. The second-order valence-electron chi connectivity index (χ2n) is 6.80. The molecule has 0 saturated heterocycles. The van der Waals surface area contributed by atoms with Crippen molar-refractivity contribution >= 4 is 26.8 Å². The molecule has 0 aliphatic heterocycles. The van der Waals surface area contributed by atoms with Crippen molar-refractivity contribution in [3.63, 3.8) is 0 Å². The highest BCUT2D eigenvalue weighted by molar-refractivity contribution is 7.89. The molecule has 0 aliphatic carbocycles. The SMILES string of the molecule is COc1ccc(S(=O)(=O)n2[nH]c(=O)c(-c3cn(C(C)=O)c4ccccc34)c2C)cc1. The molecule has 0 aliphatic rings. The zero-order valence-corrected chi connectivity index (χ0v) is 17.4. The minimum Gasteiger partial charge on any atom is -0.497 e. The Bertz CT molecular complexity index is 1440. The molecule has 4 aromatic rings. The van der Waals surface area contributed by atoms with Crippen LogP contribution >= 0.6 is 0 Å². The number of ether oxygens (including phenoxy) is 1. The number of fused-ring (bicyclic) bond motifs is 1. The fourth-order valence-corrected chi connectivity index (χ4v) is 4.89. The van der Waals surface area contributed by atoms with Gasteiger partial charge in [-0.05, 0) is 37.3 Å². The van der Waals surface area contributed by atoms with E-state index in [4.69, 9.17) is 4.74 Å². The third-order valence-electron chi connectivity index (χ3n) is 5.01. The van der Waals surface area contributed by atoms with Gasteiger partial charge in [0.25, 0.3) is 15.6 Å². The summed E-state index contributed by atoms with van der Waals surface area (Å²) in [5, 5.41) is 3.11. The van der Waals surface area contributed by atoms with Crippen LogP contribution in [0.1, 0.15) is 17.4 Å². The van der Waals surface area contributed by atoms with E-state index in [1.54, 1.807) is 37.4 Å². The highest BCUT2D eigenvalue weighted by Crippen LogP contribution is 2.31. The lowest BCUT2D eigenvalue weighted by molar-refractivity contribution is 0.0941. The van der Waals surface area contributed by atoms with E-state index in [2.05, 4.69) is 5.10 Å². The quantitative estimate of drug-likeness (QED) is 0.541. The van der Waals surface area contributed by atoms with Gasteiger partial charge in [-0.1, -0.05) is 18.2 Å². The molecule has 1 N–H and O–H groups in total. The molecule has 0 fully saturated rings. The van der Waals surface area contributed by atoms with Crippen LogP contribution in [0, 0.1) is 6.92 Å². The molecule has 4 rings (SSSR count). The van der Waals surface area contributed by atoms with E-state index < -0.39 is 15.6 Å². The summed E-state index contributed by atoms with van der Waals surface area (Å²) in [5.41, 5.74) is 0.995. The van der Waals surface area contributed by atoms with E-state index in [-0.39, 0.29) is 22.1 Å². The third kappa shape index (κ3) is 2.94. The van der Waals surface area contributed by atoms with Gasteiger partial charge in [-0.2, -0.15) is 12.5 Å². The lowest BCUT2D eigenvalue weighted by Crippen LogP contribution is -2.17. The Morgan fingerprint density at radius 1 is 1.07 bits per heavy atom. The number of carbonyl (C=O) groups excluding carboxylic acids is 1. The molecule has 8 nitrogen and oxygen atoms in total. The molecule has 0 unspecified atom stereocenters. The van der Waals surface area contributed by atoms with Crippen molar-refractivity contribution in [2.24, 2.45) is 0 Å². The standard InChI is InChI=1S/C21H19N3O5S/c1-13-20(18-12-23(14(2)25)19-7-5-4-6-17(18)19)21(26)22-24(13)30(27,28)16-10-8-15(29-3)9-11-16/h4-12H,1-3H3,(H,22,26). The summed E-state index contributed by atoms with van der Waals surface area (Å²) in [6.07, 6.45) is 1.56. The van der Waals surface area contributed by atoms with Crippen molar-refractivity contribution in [3.05, 3.63) is 70.8 Å². The Kier molecular flexibility index (Phi) is 4.62. The van der Waals surface area contributed by atoms with Crippen molar-refractivity contribution in [1.82, 2.24) is 13.8 Å². The first-order valence-electron chi connectivity index (χ1n) is 9.08. The minimum absolute atomic E-state index is 0.00960. The van der Waals surface area contributed by atoms with E-state index in [1.807, 2.05) is 0 Å². The summed E-state index contributed by atoms with van der Waals surface area (Å²) in [6, 6.07) is 13.0. The number of methoxy groups -OCH3 is 1. The fourth-order valence-electron chi connectivity index (χ4n) is 3.55. The molecule has 0 bridgehead atoms. The Labute approximate surface area is 172 Å². The van der Waals surface area contributed by atoms with Gasteiger partial charge in [0.15, 0.2) is 0 Å². The molecular weight excluding hydrogens is 406 g/mol. The van der Waals surface area contributed by atoms with Crippen LogP contribution in [-0.4, -0.2) is 35.2 Å². The van der Waals surface area contributed by atoms with Crippen LogP contribution in [0.5, 0.6) is 5.75 Å². The normalized spacial score (nSPS) is 11.7. The van der Waals surface area contributed by atoms with E-state index in [0.717, 1.165) is 4.09 Å². The van der Waals surface area contributed by atoms with Gasteiger partial charge in [-0.15, -0.1) is 0 Å². The second-order valence-corrected chi connectivity index (χ2v) is 8.58. The molecule has 9 heteroatoms. The van der Waals surface area contributed by atoms with Crippen LogP contribution in [0.15, 0.2) is 64.4 Å². The average molecular weight is 425 g/mol. The molecule has 2 heterocycles. The number of hydrogen-bond acceptors (Lipinski definition) is 5. The maximum atomic E-state index is 13.1. The largest absolute Gasteiger partial charge is 0.497 e. The molecule has 0 saturated carbocycles. The van der Waals surface area contributed by atoms with Crippen molar-refractivity contribution in [2.75, 3.05) is 7.11 Å². The molecule has 0 amide bonds. The number of H-pyrrole nitrogens is 1. The topological polar surface area (TPSA) is 103 Å². The van der Waals surface area contributed by atoms with Gasteiger partial charge >= 0.3 is 0 Å². The Balaban J connectivity index is 1.93. The smallest absolute Gasteiger partial charge is 0.281 e. The predicted octanol–water partition coefficient (Wildman–Crippen LogP) is 3.01. The molecule has 0 spiro atoms. The van der Waals surface area contributed by atoms with E-state index in [9.17, 15) is 18.0 Å². The maximum Gasteiger partial charge on any atom is 0.281 e. The second kappa shape index (κ2) is 7.03.